The number of aromatic amines is 1. The van der Waals surface area contributed by atoms with Crippen LogP contribution in [0.4, 0.5) is 0 Å². The molecule has 19 heavy (non-hydrogen) atoms. The Morgan fingerprint density at radius 1 is 1.16 bits per heavy atom. The number of benzene rings is 1. The van der Waals surface area contributed by atoms with Gasteiger partial charge in [0.2, 0.25) is 0 Å². The maximum atomic E-state index is 5.66. The molecule has 1 N–H and O–H groups in total. The molecule has 0 radical (unpaired) electrons. The van der Waals surface area contributed by atoms with Gasteiger partial charge in [-0.2, -0.15) is 5.10 Å². The molecule has 1 aromatic carbocycles. The molecule has 0 spiro atoms. The normalized spacial score (nSPS) is 15.8. The van der Waals surface area contributed by atoms with Gasteiger partial charge in [0, 0.05) is 12.3 Å². The minimum Gasteiger partial charge on any atom is -0.493 e. The maximum Gasteiger partial charge on any atom is 0.153 e. The smallest absolute Gasteiger partial charge is 0.153 e. The van der Waals surface area contributed by atoms with Gasteiger partial charge in [0.1, 0.15) is 11.6 Å². The molecule has 1 heterocycles. The van der Waals surface area contributed by atoms with Crippen LogP contribution in [0.25, 0.3) is 0 Å². The second kappa shape index (κ2) is 5.87. The lowest BCUT2D eigenvalue weighted by Gasteiger charge is -2.03. The van der Waals surface area contributed by atoms with Crippen molar-refractivity contribution in [2.75, 3.05) is 6.61 Å². The predicted molar refractivity (Wildman–Crippen MR) is 73.2 cm³/mol. The van der Waals surface area contributed by atoms with Crippen molar-refractivity contribution >= 4 is 0 Å². The summed E-state index contributed by atoms with van der Waals surface area (Å²) in [6.45, 7) is 0.628. The molecule has 2 aromatic rings. The third kappa shape index (κ3) is 3.13. The van der Waals surface area contributed by atoms with Gasteiger partial charge in [-0.05, 0) is 25.0 Å². The van der Waals surface area contributed by atoms with Crippen LogP contribution in [0, 0.1) is 0 Å². The molecule has 0 amide bonds. The Morgan fingerprint density at radius 2 is 1.95 bits per heavy atom. The first-order valence-corrected chi connectivity index (χ1v) is 7.01. The summed E-state index contributed by atoms with van der Waals surface area (Å²) >= 11 is 0. The van der Waals surface area contributed by atoms with Crippen molar-refractivity contribution in [3.8, 4) is 5.75 Å². The lowest BCUT2D eigenvalue weighted by atomic mass is 10.1. The van der Waals surface area contributed by atoms with Crippen molar-refractivity contribution in [2.24, 2.45) is 0 Å². The first-order valence-electron chi connectivity index (χ1n) is 7.01. The molecule has 0 aliphatic heterocycles. The number of hydrogen-bond acceptors (Lipinski definition) is 3. The van der Waals surface area contributed by atoms with E-state index in [2.05, 4.69) is 15.2 Å². The monoisotopic (exact) mass is 257 g/mol. The number of ether oxygens (including phenoxy) is 1. The summed E-state index contributed by atoms with van der Waals surface area (Å²) in [6.07, 6.45) is 5.86. The number of hydrogen-bond donors (Lipinski definition) is 1. The first kappa shape index (κ1) is 12.2. The summed E-state index contributed by atoms with van der Waals surface area (Å²) in [5.41, 5.74) is 0. The van der Waals surface area contributed by atoms with E-state index in [0.29, 0.717) is 12.5 Å². The molecule has 1 aromatic heterocycles. The molecular weight excluding hydrogens is 238 g/mol. The Labute approximate surface area is 113 Å². The fourth-order valence-corrected chi connectivity index (χ4v) is 2.57. The van der Waals surface area contributed by atoms with Gasteiger partial charge in [-0.15, -0.1) is 0 Å². The molecule has 4 nitrogen and oxygen atoms in total. The average Bonchev–Trinajstić information content (AvgIpc) is 3.10. The summed E-state index contributed by atoms with van der Waals surface area (Å²) in [4.78, 5) is 4.58. The molecule has 3 rings (SSSR count). The number of aromatic nitrogens is 3. The van der Waals surface area contributed by atoms with Crippen molar-refractivity contribution in [2.45, 2.75) is 38.0 Å². The Morgan fingerprint density at radius 3 is 2.74 bits per heavy atom. The fraction of sp³-hybridized carbons (Fsp3) is 0.467. The van der Waals surface area contributed by atoms with Gasteiger partial charge in [-0.25, -0.2) is 4.98 Å². The van der Waals surface area contributed by atoms with E-state index in [1.165, 1.54) is 25.7 Å². The highest BCUT2D eigenvalue weighted by Crippen LogP contribution is 2.31. The van der Waals surface area contributed by atoms with E-state index in [4.69, 9.17) is 4.74 Å². The van der Waals surface area contributed by atoms with Crippen molar-refractivity contribution < 1.29 is 4.74 Å². The SMILES string of the molecule is c1ccc(OCCc2nc(C3CCCC3)n[nH]2)cc1. The molecule has 100 valence electrons. The van der Waals surface area contributed by atoms with Gasteiger partial charge >= 0.3 is 0 Å². The van der Waals surface area contributed by atoms with E-state index in [-0.39, 0.29) is 0 Å². The Bertz CT molecular complexity index is 503. The van der Waals surface area contributed by atoms with Crippen LogP contribution in [-0.2, 0) is 6.42 Å². The first-order chi connectivity index (χ1) is 9.42. The lowest BCUT2D eigenvalue weighted by molar-refractivity contribution is 0.319. The average molecular weight is 257 g/mol. The van der Waals surface area contributed by atoms with E-state index in [1.807, 2.05) is 30.3 Å². The predicted octanol–water partition coefficient (Wildman–Crippen LogP) is 3.08. The summed E-state index contributed by atoms with van der Waals surface area (Å²) in [5.74, 6) is 3.39. The molecule has 0 bridgehead atoms. The minimum atomic E-state index is 0.569. The number of para-hydroxylation sites is 1. The molecule has 0 saturated heterocycles. The number of H-pyrrole nitrogens is 1. The topological polar surface area (TPSA) is 50.8 Å². The Hall–Kier alpha value is -1.84. The largest absolute Gasteiger partial charge is 0.493 e. The number of nitrogens with zero attached hydrogens (tertiary/aromatic N) is 2. The molecule has 1 aliphatic rings. The van der Waals surface area contributed by atoms with Crippen molar-refractivity contribution in [3.05, 3.63) is 42.0 Å². The minimum absolute atomic E-state index is 0.569. The van der Waals surface area contributed by atoms with Gasteiger partial charge in [0.15, 0.2) is 5.82 Å². The van der Waals surface area contributed by atoms with Gasteiger partial charge in [0.25, 0.3) is 0 Å². The van der Waals surface area contributed by atoms with Crippen LogP contribution < -0.4 is 4.74 Å². The van der Waals surface area contributed by atoms with Crippen molar-refractivity contribution in [3.63, 3.8) is 0 Å². The third-order valence-electron chi connectivity index (χ3n) is 3.62. The highest BCUT2D eigenvalue weighted by molar-refractivity contribution is 5.20. The van der Waals surface area contributed by atoms with E-state index in [1.54, 1.807) is 0 Å². The number of nitrogens with one attached hydrogen (secondary N) is 1. The number of rotatable bonds is 5. The summed E-state index contributed by atoms with van der Waals surface area (Å²) in [7, 11) is 0. The van der Waals surface area contributed by atoms with Crippen LogP contribution in [-0.4, -0.2) is 21.8 Å². The van der Waals surface area contributed by atoms with Crippen LogP contribution in [0.5, 0.6) is 5.75 Å². The van der Waals surface area contributed by atoms with Crippen LogP contribution in [0.1, 0.15) is 43.3 Å². The molecule has 0 atom stereocenters. The van der Waals surface area contributed by atoms with Crippen LogP contribution in [0.2, 0.25) is 0 Å². The fourth-order valence-electron chi connectivity index (χ4n) is 2.57. The summed E-state index contributed by atoms with van der Waals surface area (Å²) < 4.78 is 5.66. The highest BCUT2D eigenvalue weighted by atomic mass is 16.5. The van der Waals surface area contributed by atoms with E-state index >= 15 is 0 Å². The molecule has 4 heteroatoms. The second-order valence-corrected chi connectivity index (χ2v) is 5.03. The molecular formula is C15H19N3O. The summed E-state index contributed by atoms with van der Waals surface area (Å²) in [5, 5.41) is 7.36. The molecule has 1 saturated carbocycles. The van der Waals surface area contributed by atoms with E-state index in [9.17, 15) is 0 Å². The Kier molecular flexibility index (Phi) is 3.77. The van der Waals surface area contributed by atoms with Gasteiger partial charge < -0.3 is 4.74 Å². The zero-order valence-corrected chi connectivity index (χ0v) is 11.0. The van der Waals surface area contributed by atoms with Gasteiger partial charge in [0.05, 0.1) is 6.61 Å². The van der Waals surface area contributed by atoms with Crippen LogP contribution >= 0.6 is 0 Å². The summed E-state index contributed by atoms with van der Waals surface area (Å²) in [6, 6.07) is 9.86. The molecule has 0 unspecified atom stereocenters. The standard InChI is InChI=1S/C15H19N3O/c1-2-8-13(9-3-1)19-11-10-14-16-15(18-17-14)12-6-4-5-7-12/h1-3,8-9,12H,4-7,10-11H2,(H,16,17,18). The van der Waals surface area contributed by atoms with Crippen LogP contribution in [0.3, 0.4) is 0 Å². The highest BCUT2D eigenvalue weighted by Gasteiger charge is 2.20. The van der Waals surface area contributed by atoms with Gasteiger partial charge in [-0.1, -0.05) is 31.0 Å². The van der Waals surface area contributed by atoms with E-state index < -0.39 is 0 Å². The van der Waals surface area contributed by atoms with Crippen molar-refractivity contribution in [1.29, 1.82) is 0 Å². The van der Waals surface area contributed by atoms with E-state index in [0.717, 1.165) is 23.8 Å². The maximum absolute atomic E-state index is 5.66. The van der Waals surface area contributed by atoms with Gasteiger partial charge in [-0.3, -0.25) is 5.10 Å². The van der Waals surface area contributed by atoms with Crippen LogP contribution in [0.15, 0.2) is 30.3 Å². The quantitative estimate of drug-likeness (QED) is 0.895. The second-order valence-electron chi connectivity index (χ2n) is 5.03. The zero-order chi connectivity index (χ0) is 12.9. The van der Waals surface area contributed by atoms with Crippen molar-refractivity contribution in [1.82, 2.24) is 15.2 Å². The third-order valence-corrected chi connectivity index (χ3v) is 3.62. The molecule has 1 fully saturated rings. The zero-order valence-electron chi connectivity index (χ0n) is 11.0. The lowest BCUT2D eigenvalue weighted by Crippen LogP contribution is -2.03. The molecule has 1 aliphatic carbocycles. The Balaban J connectivity index is 1.50.